The highest BCUT2D eigenvalue weighted by atomic mass is 16.4. The average Bonchev–Trinajstić information content (AvgIpc) is 2.85. The normalized spacial score (nSPS) is 10.9. The van der Waals surface area contributed by atoms with Gasteiger partial charge in [-0.25, -0.2) is 4.98 Å². The molecule has 0 spiro atoms. The van der Waals surface area contributed by atoms with Crippen molar-refractivity contribution in [2.24, 2.45) is 0 Å². The molecule has 0 saturated carbocycles. The molecule has 3 rings (SSSR count). The van der Waals surface area contributed by atoms with Crippen molar-refractivity contribution in [1.82, 2.24) is 9.55 Å². The number of hydrogen-bond acceptors (Lipinski definition) is 2. The fraction of sp³-hybridized carbons (Fsp3) is 0.176. The lowest BCUT2D eigenvalue weighted by molar-refractivity contribution is -0.136. The molecule has 2 aromatic carbocycles. The summed E-state index contributed by atoms with van der Waals surface area (Å²) in [6.45, 7) is 2.90. The van der Waals surface area contributed by atoms with E-state index >= 15 is 0 Å². The topological polar surface area (TPSA) is 55.1 Å². The molecule has 4 nitrogen and oxygen atoms in total. The monoisotopic (exact) mass is 280 g/mol. The van der Waals surface area contributed by atoms with Crippen LogP contribution in [0.25, 0.3) is 22.4 Å². The average molecular weight is 280 g/mol. The number of benzene rings is 2. The van der Waals surface area contributed by atoms with E-state index in [-0.39, 0.29) is 6.42 Å². The van der Waals surface area contributed by atoms with E-state index in [2.05, 4.69) is 11.5 Å². The summed E-state index contributed by atoms with van der Waals surface area (Å²) in [6, 6.07) is 15.7. The SMILES string of the molecule is CCn1c(-c2ccccc2)nc2cc(CC(=O)O)ccc21. The van der Waals surface area contributed by atoms with Crippen molar-refractivity contribution in [3.8, 4) is 11.4 Å². The quantitative estimate of drug-likeness (QED) is 0.797. The molecular weight excluding hydrogens is 264 g/mol. The smallest absolute Gasteiger partial charge is 0.307 e. The van der Waals surface area contributed by atoms with Crippen LogP contribution in [0.3, 0.4) is 0 Å². The summed E-state index contributed by atoms with van der Waals surface area (Å²) in [5.74, 6) is 0.0909. The third-order valence-corrected chi connectivity index (χ3v) is 3.52. The summed E-state index contributed by atoms with van der Waals surface area (Å²) in [4.78, 5) is 15.5. The maximum atomic E-state index is 10.8. The van der Waals surface area contributed by atoms with E-state index < -0.39 is 5.97 Å². The second-order valence-corrected chi connectivity index (χ2v) is 4.94. The van der Waals surface area contributed by atoms with Crippen LogP contribution in [0.5, 0.6) is 0 Å². The van der Waals surface area contributed by atoms with Crippen molar-refractivity contribution in [2.75, 3.05) is 0 Å². The van der Waals surface area contributed by atoms with Gasteiger partial charge in [0.05, 0.1) is 17.5 Å². The first kappa shape index (κ1) is 13.4. The Morgan fingerprint density at radius 3 is 2.62 bits per heavy atom. The van der Waals surface area contributed by atoms with Gasteiger partial charge in [0.15, 0.2) is 0 Å². The molecule has 4 heteroatoms. The van der Waals surface area contributed by atoms with E-state index in [1.165, 1.54) is 0 Å². The van der Waals surface area contributed by atoms with Crippen LogP contribution in [0.15, 0.2) is 48.5 Å². The Morgan fingerprint density at radius 2 is 1.95 bits per heavy atom. The number of imidazole rings is 1. The summed E-state index contributed by atoms with van der Waals surface area (Å²) in [5.41, 5.74) is 3.71. The van der Waals surface area contributed by atoms with Gasteiger partial charge in [0, 0.05) is 12.1 Å². The van der Waals surface area contributed by atoms with Crippen LogP contribution < -0.4 is 0 Å². The number of rotatable bonds is 4. The van der Waals surface area contributed by atoms with Crippen LogP contribution in [0.2, 0.25) is 0 Å². The fourth-order valence-corrected chi connectivity index (χ4v) is 2.59. The number of nitrogens with zero attached hydrogens (tertiary/aromatic N) is 2. The molecule has 1 aromatic heterocycles. The Bertz CT molecular complexity index is 791. The minimum absolute atomic E-state index is 0.0234. The lowest BCUT2D eigenvalue weighted by Crippen LogP contribution is -2.00. The lowest BCUT2D eigenvalue weighted by atomic mass is 10.1. The molecule has 1 N–H and O–H groups in total. The van der Waals surface area contributed by atoms with Crippen LogP contribution in [0.1, 0.15) is 12.5 Å². The van der Waals surface area contributed by atoms with E-state index in [0.717, 1.165) is 34.5 Å². The Morgan fingerprint density at radius 1 is 1.19 bits per heavy atom. The van der Waals surface area contributed by atoms with Gasteiger partial charge in [0.1, 0.15) is 5.82 Å². The number of aliphatic carboxylic acids is 1. The molecule has 0 amide bonds. The van der Waals surface area contributed by atoms with Crippen LogP contribution in [0.4, 0.5) is 0 Å². The summed E-state index contributed by atoms with van der Waals surface area (Å²) in [7, 11) is 0. The summed E-state index contributed by atoms with van der Waals surface area (Å²) < 4.78 is 2.15. The molecule has 0 atom stereocenters. The number of aromatic nitrogens is 2. The van der Waals surface area contributed by atoms with Crippen molar-refractivity contribution >= 4 is 17.0 Å². The molecule has 0 radical (unpaired) electrons. The Hall–Kier alpha value is -2.62. The molecule has 21 heavy (non-hydrogen) atoms. The van der Waals surface area contributed by atoms with Gasteiger partial charge in [-0.15, -0.1) is 0 Å². The molecule has 1 heterocycles. The van der Waals surface area contributed by atoms with Crippen LogP contribution in [0, 0.1) is 0 Å². The molecule has 0 fully saturated rings. The summed E-state index contributed by atoms with van der Waals surface area (Å²) in [5, 5.41) is 8.90. The van der Waals surface area contributed by atoms with Gasteiger partial charge in [-0.1, -0.05) is 36.4 Å². The molecule has 0 unspecified atom stereocenters. The zero-order valence-corrected chi connectivity index (χ0v) is 11.8. The van der Waals surface area contributed by atoms with Crippen molar-refractivity contribution in [3.63, 3.8) is 0 Å². The third kappa shape index (κ3) is 2.52. The minimum atomic E-state index is -0.826. The van der Waals surface area contributed by atoms with Gasteiger partial charge < -0.3 is 9.67 Å². The molecule has 0 aliphatic carbocycles. The predicted molar refractivity (Wildman–Crippen MR) is 82.2 cm³/mol. The van der Waals surface area contributed by atoms with Gasteiger partial charge in [-0.2, -0.15) is 0 Å². The van der Waals surface area contributed by atoms with Crippen LogP contribution in [-0.4, -0.2) is 20.6 Å². The van der Waals surface area contributed by atoms with Crippen LogP contribution in [-0.2, 0) is 17.8 Å². The van der Waals surface area contributed by atoms with Crippen molar-refractivity contribution in [2.45, 2.75) is 19.9 Å². The highest BCUT2D eigenvalue weighted by Gasteiger charge is 2.12. The largest absolute Gasteiger partial charge is 0.481 e. The van der Waals surface area contributed by atoms with E-state index in [0.29, 0.717) is 0 Å². The number of fused-ring (bicyclic) bond motifs is 1. The summed E-state index contributed by atoms with van der Waals surface area (Å²) >= 11 is 0. The standard InChI is InChI=1S/C17H16N2O2/c1-2-19-15-9-8-12(11-16(20)21)10-14(15)18-17(19)13-6-4-3-5-7-13/h3-10H,2,11H2,1H3,(H,20,21). The van der Waals surface area contributed by atoms with E-state index in [1.807, 2.05) is 48.5 Å². The maximum Gasteiger partial charge on any atom is 0.307 e. The van der Waals surface area contributed by atoms with Gasteiger partial charge in [-0.05, 0) is 24.6 Å². The summed E-state index contributed by atoms with van der Waals surface area (Å²) in [6.07, 6.45) is 0.0234. The van der Waals surface area contributed by atoms with E-state index in [9.17, 15) is 4.79 Å². The molecule has 3 aromatic rings. The zero-order valence-electron chi connectivity index (χ0n) is 11.8. The van der Waals surface area contributed by atoms with Gasteiger partial charge in [0.25, 0.3) is 0 Å². The second kappa shape index (κ2) is 5.40. The second-order valence-electron chi connectivity index (χ2n) is 4.94. The van der Waals surface area contributed by atoms with E-state index in [1.54, 1.807) is 0 Å². The first-order chi connectivity index (χ1) is 10.2. The van der Waals surface area contributed by atoms with Gasteiger partial charge in [0.2, 0.25) is 0 Å². The Labute approximate surface area is 122 Å². The van der Waals surface area contributed by atoms with Crippen molar-refractivity contribution in [1.29, 1.82) is 0 Å². The Kier molecular flexibility index (Phi) is 3.44. The fourth-order valence-electron chi connectivity index (χ4n) is 2.59. The maximum absolute atomic E-state index is 10.8. The van der Waals surface area contributed by atoms with Crippen LogP contribution >= 0.6 is 0 Å². The molecule has 0 aliphatic rings. The first-order valence-electron chi connectivity index (χ1n) is 6.95. The predicted octanol–water partition coefficient (Wildman–Crippen LogP) is 3.35. The zero-order chi connectivity index (χ0) is 14.8. The lowest BCUT2D eigenvalue weighted by Gasteiger charge is -2.05. The van der Waals surface area contributed by atoms with Crippen molar-refractivity contribution < 1.29 is 9.90 Å². The van der Waals surface area contributed by atoms with Crippen molar-refractivity contribution in [3.05, 3.63) is 54.1 Å². The molecule has 0 bridgehead atoms. The molecule has 0 saturated heterocycles. The number of hydrogen-bond donors (Lipinski definition) is 1. The molecule has 106 valence electrons. The first-order valence-corrected chi connectivity index (χ1v) is 6.95. The van der Waals surface area contributed by atoms with Gasteiger partial charge >= 0.3 is 5.97 Å². The molecular formula is C17H16N2O2. The van der Waals surface area contributed by atoms with E-state index in [4.69, 9.17) is 10.1 Å². The number of carboxylic acids is 1. The van der Waals surface area contributed by atoms with Gasteiger partial charge in [-0.3, -0.25) is 4.79 Å². The number of carbonyl (C=O) groups is 1. The number of aryl methyl sites for hydroxylation is 1. The highest BCUT2D eigenvalue weighted by Crippen LogP contribution is 2.25. The minimum Gasteiger partial charge on any atom is -0.481 e. The molecule has 0 aliphatic heterocycles. The Balaban J connectivity index is 2.15. The number of carboxylic acid groups (broad SMARTS) is 1. The third-order valence-electron chi connectivity index (χ3n) is 3.52. The highest BCUT2D eigenvalue weighted by molar-refractivity contribution is 5.82.